The smallest absolute Gasteiger partial charge is 0.422 e. The number of allylic oxidation sites excluding steroid dienone is 3. The van der Waals surface area contributed by atoms with E-state index in [1.54, 1.807) is 0 Å². The summed E-state index contributed by atoms with van der Waals surface area (Å²) in [5.41, 5.74) is 0.620. The molecule has 4 heteroatoms. The topological polar surface area (TPSA) is 9.23 Å². The van der Waals surface area contributed by atoms with E-state index < -0.39 is 12.8 Å². The second-order valence-corrected chi connectivity index (χ2v) is 3.29. The van der Waals surface area contributed by atoms with Crippen molar-refractivity contribution >= 4 is 0 Å². The van der Waals surface area contributed by atoms with Crippen LogP contribution in [-0.4, -0.2) is 12.8 Å². The third-order valence-electron chi connectivity index (χ3n) is 1.70. The van der Waals surface area contributed by atoms with Crippen molar-refractivity contribution in [1.29, 1.82) is 0 Å². The molecule has 0 unspecified atom stereocenters. The van der Waals surface area contributed by atoms with Gasteiger partial charge in [0.1, 0.15) is 5.76 Å². The van der Waals surface area contributed by atoms with E-state index in [2.05, 4.69) is 17.9 Å². The molecular formula is C11H15F3O. The van der Waals surface area contributed by atoms with E-state index >= 15 is 0 Å². The van der Waals surface area contributed by atoms with E-state index in [0.29, 0.717) is 5.57 Å². The molecule has 0 saturated heterocycles. The molecule has 86 valence electrons. The molecule has 0 heterocycles. The normalized spacial score (nSPS) is 13.5. The first-order valence-corrected chi connectivity index (χ1v) is 4.50. The molecule has 0 aromatic rings. The predicted molar refractivity (Wildman–Crippen MR) is 54.3 cm³/mol. The lowest BCUT2D eigenvalue weighted by molar-refractivity contribution is -0.164. The van der Waals surface area contributed by atoms with Crippen LogP contribution in [0.2, 0.25) is 0 Å². The molecule has 0 atom stereocenters. The summed E-state index contributed by atoms with van der Waals surface area (Å²) in [6.07, 6.45) is -1.58. The molecule has 0 radical (unpaired) electrons. The summed E-state index contributed by atoms with van der Waals surface area (Å²) in [6, 6.07) is 0. The van der Waals surface area contributed by atoms with Crippen LogP contribution in [0.15, 0.2) is 36.6 Å². The third kappa shape index (κ3) is 5.30. The molecule has 0 amide bonds. The van der Waals surface area contributed by atoms with Gasteiger partial charge in [0.15, 0.2) is 6.61 Å². The fourth-order valence-electron chi connectivity index (χ4n) is 1.04. The average molecular weight is 220 g/mol. The molecule has 0 aliphatic carbocycles. The number of hydrogen-bond donors (Lipinski definition) is 0. The number of rotatable bonds is 5. The summed E-state index contributed by atoms with van der Waals surface area (Å²) in [5, 5.41) is 0. The first kappa shape index (κ1) is 13.8. The lowest BCUT2D eigenvalue weighted by Crippen LogP contribution is -2.17. The van der Waals surface area contributed by atoms with Crippen LogP contribution in [0.4, 0.5) is 13.2 Å². The minimum absolute atomic E-state index is 0.0451. The summed E-state index contributed by atoms with van der Waals surface area (Å²) in [6.45, 7) is 9.33. The van der Waals surface area contributed by atoms with Gasteiger partial charge < -0.3 is 4.74 Å². The molecule has 0 fully saturated rings. The lowest BCUT2D eigenvalue weighted by atomic mass is 10.0. The Morgan fingerprint density at radius 2 is 1.80 bits per heavy atom. The molecule has 0 saturated carbocycles. The van der Waals surface area contributed by atoms with Crippen molar-refractivity contribution in [3.63, 3.8) is 0 Å². The molecule has 0 bridgehead atoms. The van der Waals surface area contributed by atoms with Gasteiger partial charge in [-0.25, -0.2) is 0 Å². The molecule has 1 nitrogen and oxygen atoms in total. The molecule has 0 spiro atoms. The van der Waals surface area contributed by atoms with Gasteiger partial charge in [0.25, 0.3) is 0 Å². The Bertz CT molecular complexity index is 261. The fourth-order valence-corrected chi connectivity index (χ4v) is 1.04. The van der Waals surface area contributed by atoms with Crippen LogP contribution in [0.3, 0.4) is 0 Å². The van der Waals surface area contributed by atoms with Gasteiger partial charge in [0, 0.05) is 0 Å². The lowest BCUT2D eigenvalue weighted by Gasteiger charge is -2.15. The van der Waals surface area contributed by atoms with Crippen LogP contribution in [0.25, 0.3) is 0 Å². The van der Waals surface area contributed by atoms with E-state index in [1.807, 2.05) is 13.8 Å². The van der Waals surface area contributed by atoms with Crippen molar-refractivity contribution in [2.45, 2.75) is 20.0 Å². The summed E-state index contributed by atoms with van der Waals surface area (Å²) in [4.78, 5) is 0. The second kappa shape index (κ2) is 5.63. The number of ether oxygens (including phenoxy) is 1. The van der Waals surface area contributed by atoms with Gasteiger partial charge in [-0.3, -0.25) is 0 Å². The van der Waals surface area contributed by atoms with Crippen molar-refractivity contribution in [2.24, 2.45) is 5.92 Å². The van der Waals surface area contributed by atoms with Gasteiger partial charge in [-0.15, -0.1) is 0 Å². The molecule has 0 aromatic heterocycles. The number of halogens is 3. The van der Waals surface area contributed by atoms with Crippen LogP contribution < -0.4 is 0 Å². The highest BCUT2D eigenvalue weighted by Gasteiger charge is 2.28. The molecule has 0 aromatic carbocycles. The average Bonchev–Trinajstić information content (AvgIpc) is 2.09. The van der Waals surface area contributed by atoms with E-state index in [-0.39, 0.29) is 11.7 Å². The Kier molecular flexibility index (Phi) is 5.19. The summed E-state index contributed by atoms with van der Waals surface area (Å²) in [7, 11) is 0. The van der Waals surface area contributed by atoms with Crippen molar-refractivity contribution < 1.29 is 17.9 Å². The minimum atomic E-state index is -4.34. The minimum Gasteiger partial charge on any atom is -0.484 e. The predicted octanol–water partition coefficient (Wildman–Crippen LogP) is 3.85. The van der Waals surface area contributed by atoms with Crippen molar-refractivity contribution in [3.05, 3.63) is 36.6 Å². The van der Waals surface area contributed by atoms with Gasteiger partial charge in [-0.2, -0.15) is 13.2 Å². The summed E-state index contributed by atoms with van der Waals surface area (Å²) in [5.74, 6) is 0.182. The standard InChI is InChI=1S/C11H15F3O/c1-5-9(8(3)4)10(6-2)15-7-11(12,13)14/h5-6,8H,1-2,7H2,3-4H3/b10-9-. The molecular weight excluding hydrogens is 205 g/mol. The SMILES string of the molecule is C=C/C(OCC(F)(F)F)=C(\C=C)C(C)C. The Balaban J connectivity index is 4.73. The van der Waals surface area contributed by atoms with Crippen molar-refractivity contribution in [1.82, 2.24) is 0 Å². The van der Waals surface area contributed by atoms with E-state index in [9.17, 15) is 13.2 Å². The monoisotopic (exact) mass is 220 g/mol. The highest BCUT2D eigenvalue weighted by atomic mass is 19.4. The van der Waals surface area contributed by atoms with Crippen LogP contribution in [-0.2, 0) is 4.74 Å². The van der Waals surface area contributed by atoms with Crippen LogP contribution in [0.1, 0.15) is 13.8 Å². The number of alkyl halides is 3. The molecule has 0 rings (SSSR count). The highest BCUT2D eigenvalue weighted by molar-refractivity contribution is 5.28. The summed E-state index contributed by atoms with van der Waals surface area (Å²) >= 11 is 0. The summed E-state index contributed by atoms with van der Waals surface area (Å²) < 4.78 is 40.4. The number of hydrogen-bond acceptors (Lipinski definition) is 1. The van der Waals surface area contributed by atoms with Crippen LogP contribution in [0, 0.1) is 5.92 Å². The first-order chi connectivity index (χ1) is 6.81. The Hall–Kier alpha value is -1.19. The zero-order valence-corrected chi connectivity index (χ0v) is 8.90. The molecule has 0 aliphatic heterocycles. The van der Waals surface area contributed by atoms with Gasteiger partial charge in [0.2, 0.25) is 0 Å². The van der Waals surface area contributed by atoms with Gasteiger partial charge in [0.05, 0.1) is 0 Å². The Labute approximate surface area is 87.9 Å². The van der Waals surface area contributed by atoms with Gasteiger partial charge in [-0.05, 0) is 17.6 Å². The van der Waals surface area contributed by atoms with E-state index in [0.717, 1.165) is 0 Å². The Morgan fingerprint density at radius 1 is 1.27 bits per heavy atom. The van der Waals surface area contributed by atoms with Crippen LogP contribution in [0.5, 0.6) is 0 Å². The van der Waals surface area contributed by atoms with E-state index in [4.69, 9.17) is 0 Å². The third-order valence-corrected chi connectivity index (χ3v) is 1.70. The maximum absolute atomic E-state index is 11.9. The Morgan fingerprint density at radius 3 is 2.07 bits per heavy atom. The molecule has 0 aliphatic rings. The maximum Gasteiger partial charge on any atom is 0.422 e. The largest absolute Gasteiger partial charge is 0.484 e. The molecule has 15 heavy (non-hydrogen) atoms. The van der Waals surface area contributed by atoms with Crippen molar-refractivity contribution in [3.8, 4) is 0 Å². The fraction of sp³-hybridized carbons (Fsp3) is 0.455. The highest BCUT2D eigenvalue weighted by Crippen LogP contribution is 2.21. The van der Waals surface area contributed by atoms with Gasteiger partial charge in [-0.1, -0.05) is 33.1 Å². The molecule has 0 N–H and O–H groups in total. The van der Waals surface area contributed by atoms with Crippen LogP contribution >= 0.6 is 0 Å². The van der Waals surface area contributed by atoms with E-state index in [1.165, 1.54) is 12.2 Å². The first-order valence-electron chi connectivity index (χ1n) is 4.50. The van der Waals surface area contributed by atoms with Crippen molar-refractivity contribution in [2.75, 3.05) is 6.61 Å². The quantitative estimate of drug-likeness (QED) is 0.505. The maximum atomic E-state index is 11.9. The second-order valence-electron chi connectivity index (χ2n) is 3.29. The zero-order valence-electron chi connectivity index (χ0n) is 8.90. The van der Waals surface area contributed by atoms with Gasteiger partial charge >= 0.3 is 6.18 Å². The zero-order chi connectivity index (χ0) is 12.1.